The van der Waals surface area contributed by atoms with Gasteiger partial charge in [-0.3, -0.25) is 0 Å². The lowest BCUT2D eigenvalue weighted by Gasteiger charge is -2.21. The zero-order valence-corrected chi connectivity index (χ0v) is 11.7. The molecule has 3 heteroatoms. The standard InChI is InChI=1S/C15H22N2O/c1-12(17-11-15(2,3)10-16)9-13-7-5-6-8-14(13)18-4/h5-8,12,17H,9,11H2,1-4H3. The highest BCUT2D eigenvalue weighted by atomic mass is 16.5. The van der Waals surface area contributed by atoms with E-state index in [4.69, 9.17) is 10.00 Å². The minimum absolute atomic E-state index is 0.314. The first-order valence-electron chi connectivity index (χ1n) is 6.25. The van der Waals surface area contributed by atoms with E-state index in [2.05, 4.69) is 24.4 Å². The van der Waals surface area contributed by atoms with Crippen LogP contribution in [-0.2, 0) is 6.42 Å². The fraction of sp³-hybridized carbons (Fsp3) is 0.533. The second-order valence-corrected chi connectivity index (χ2v) is 5.29. The second-order valence-electron chi connectivity index (χ2n) is 5.29. The van der Waals surface area contributed by atoms with Crippen LogP contribution in [0.25, 0.3) is 0 Å². The van der Waals surface area contributed by atoms with E-state index >= 15 is 0 Å². The van der Waals surface area contributed by atoms with E-state index in [0.29, 0.717) is 12.6 Å². The van der Waals surface area contributed by atoms with Crippen molar-refractivity contribution in [3.63, 3.8) is 0 Å². The van der Waals surface area contributed by atoms with Crippen LogP contribution in [0, 0.1) is 16.7 Å². The molecule has 1 atom stereocenters. The highest BCUT2D eigenvalue weighted by Crippen LogP contribution is 2.19. The van der Waals surface area contributed by atoms with Crippen molar-refractivity contribution in [1.29, 1.82) is 5.26 Å². The van der Waals surface area contributed by atoms with Gasteiger partial charge in [0.2, 0.25) is 0 Å². The van der Waals surface area contributed by atoms with E-state index in [1.807, 2.05) is 32.0 Å². The summed E-state index contributed by atoms with van der Waals surface area (Å²) in [7, 11) is 1.69. The fourth-order valence-corrected chi connectivity index (χ4v) is 1.74. The number of methoxy groups -OCH3 is 1. The summed E-state index contributed by atoms with van der Waals surface area (Å²) in [5.41, 5.74) is 0.865. The maximum absolute atomic E-state index is 8.97. The van der Waals surface area contributed by atoms with Gasteiger partial charge in [0, 0.05) is 12.6 Å². The number of benzene rings is 1. The molecule has 0 saturated carbocycles. The Balaban J connectivity index is 2.55. The molecule has 1 unspecified atom stereocenters. The minimum Gasteiger partial charge on any atom is -0.496 e. The summed E-state index contributed by atoms with van der Waals surface area (Å²) in [5, 5.41) is 12.4. The molecule has 98 valence electrons. The Labute approximate surface area is 110 Å². The molecule has 18 heavy (non-hydrogen) atoms. The van der Waals surface area contributed by atoms with E-state index in [1.165, 1.54) is 5.56 Å². The highest BCUT2D eigenvalue weighted by molar-refractivity contribution is 5.33. The molecule has 0 bridgehead atoms. The van der Waals surface area contributed by atoms with Gasteiger partial charge < -0.3 is 10.1 Å². The molecule has 1 N–H and O–H groups in total. The molecular formula is C15H22N2O. The molecule has 0 aliphatic carbocycles. The maximum atomic E-state index is 8.97. The number of nitrogens with one attached hydrogen (secondary N) is 1. The Morgan fingerprint density at radius 1 is 1.39 bits per heavy atom. The van der Waals surface area contributed by atoms with Crippen LogP contribution in [0.5, 0.6) is 5.75 Å². The van der Waals surface area contributed by atoms with Crippen LogP contribution in [0.1, 0.15) is 26.3 Å². The van der Waals surface area contributed by atoms with Gasteiger partial charge in [0.25, 0.3) is 0 Å². The van der Waals surface area contributed by atoms with Gasteiger partial charge in [-0.25, -0.2) is 0 Å². The molecular weight excluding hydrogens is 224 g/mol. The van der Waals surface area contributed by atoms with Crippen LogP contribution in [0.4, 0.5) is 0 Å². The third-order valence-corrected chi connectivity index (χ3v) is 2.91. The molecule has 0 aliphatic rings. The van der Waals surface area contributed by atoms with Gasteiger partial charge in [-0.15, -0.1) is 0 Å². The van der Waals surface area contributed by atoms with Crippen LogP contribution in [0.3, 0.4) is 0 Å². The Kier molecular flexibility index (Phi) is 5.18. The zero-order chi connectivity index (χ0) is 13.6. The molecule has 0 spiro atoms. The third kappa shape index (κ3) is 4.38. The number of hydrogen-bond acceptors (Lipinski definition) is 3. The Morgan fingerprint density at radius 2 is 2.06 bits per heavy atom. The number of nitrogens with zero attached hydrogens (tertiary/aromatic N) is 1. The van der Waals surface area contributed by atoms with Crippen molar-refractivity contribution >= 4 is 0 Å². The fourth-order valence-electron chi connectivity index (χ4n) is 1.74. The first-order valence-corrected chi connectivity index (χ1v) is 6.25. The normalized spacial score (nSPS) is 12.8. The molecule has 1 aromatic carbocycles. The van der Waals surface area contributed by atoms with Crippen LogP contribution >= 0.6 is 0 Å². The Morgan fingerprint density at radius 3 is 2.67 bits per heavy atom. The minimum atomic E-state index is -0.324. The van der Waals surface area contributed by atoms with Crippen LogP contribution in [0.15, 0.2) is 24.3 Å². The van der Waals surface area contributed by atoms with Crippen molar-refractivity contribution in [2.45, 2.75) is 33.2 Å². The van der Waals surface area contributed by atoms with Crippen LogP contribution in [-0.4, -0.2) is 19.7 Å². The third-order valence-electron chi connectivity index (χ3n) is 2.91. The molecule has 0 amide bonds. The lowest BCUT2D eigenvalue weighted by atomic mass is 9.95. The van der Waals surface area contributed by atoms with Gasteiger partial charge in [0.1, 0.15) is 5.75 Å². The smallest absolute Gasteiger partial charge is 0.122 e. The number of ether oxygens (including phenoxy) is 1. The van der Waals surface area contributed by atoms with Crippen molar-refractivity contribution < 1.29 is 4.74 Å². The summed E-state index contributed by atoms with van der Waals surface area (Å²) in [5.74, 6) is 0.922. The van der Waals surface area contributed by atoms with E-state index in [1.54, 1.807) is 7.11 Å². The van der Waals surface area contributed by atoms with Crippen LogP contribution < -0.4 is 10.1 Å². The first kappa shape index (κ1) is 14.5. The lowest BCUT2D eigenvalue weighted by Crippen LogP contribution is -2.36. The molecule has 0 fully saturated rings. The molecule has 0 saturated heterocycles. The van der Waals surface area contributed by atoms with Crippen molar-refractivity contribution in [3.05, 3.63) is 29.8 Å². The van der Waals surface area contributed by atoms with Crippen molar-refractivity contribution in [1.82, 2.24) is 5.32 Å². The van der Waals surface area contributed by atoms with E-state index in [0.717, 1.165) is 12.2 Å². The number of nitriles is 1. The van der Waals surface area contributed by atoms with Crippen molar-refractivity contribution in [3.8, 4) is 11.8 Å². The number of rotatable bonds is 6. The lowest BCUT2D eigenvalue weighted by molar-refractivity contribution is 0.393. The maximum Gasteiger partial charge on any atom is 0.122 e. The topological polar surface area (TPSA) is 45.0 Å². The summed E-state index contributed by atoms with van der Waals surface area (Å²) in [6, 6.07) is 10.6. The Hall–Kier alpha value is -1.53. The van der Waals surface area contributed by atoms with Gasteiger partial charge in [-0.2, -0.15) is 5.26 Å². The van der Waals surface area contributed by atoms with E-state index < -0.39 is 0 Å². The van der Waals surface area contributed by atoms with Gasteiger partial charge in [0.05, 0.1) is 18.6 Å². The highest BCUT2D eigenvalue weighted by Gasteiger charge is 2.17. The zero-order valence-electron chi connectivity index (χ0n) is 11.7. The van der Waals surface area contributed by atoms with E-state index in [-0.39, 0.29) is 5.41 Å². The molecule has 1 rings (SSSR count). The summed E-state index contributed by atoms with van der Waals surface area (Å²) in [6.07, 6.45) is 0.894. The van der Waals surface area contributed by atoms with Gasteiger partial charge in [-0.05, 0) is 38.8 Å². The van der Waals surface area contributed by atoms with Crippen molar-refractivity contribution in [2.75, 3.05) is 13.7 Å². The second kappa shape index (κ2) is 6.42. The average Bonchev–Trinajstić information content (AvgIpc) is 2.37. The predicted octanol–water partition coefficient (Wildman–Crippen LogP) is 2.77. The number of hydrogen-bond donors (Lipinski definition) is 1. The Bertz CT molecular complexity index is 421. The van der Waals surface area contributed by atoms with Gasteiger partial charge in [-0.1, -0.05) is 18.2 Å². The predicted molar refractivity (Wildman–Crippen MR) is 73.6 cm³/mol. The molecule has 0 aromatic heterocycles. The van der Waals surface area contributed by atoms with E-state index in [9.17, 15) is 0 Å². The largest absolute Gasteiger partial charge is 0.496 e. The quantitative estimate of drug-likeness (QED) is 0.839. The molecule has 0 aliphatic heterocycles. The first-order chi connectivity index (χ1) is 8.48. The number of para-hydroxylation sites is 1. The average molecular weight is 246 g/mol. The molecule has 1 aromatic rings. The summed E-state index contributed by atoms with van der Waals surface area (Å²) < 4.78 is 5.33. The van der Waals surface area contributed by atoms with Crippen molar-refractivity contribution in [2.24, 2.45) is 5.41 Å². The van der Waals surface area contributed by atoms with Gasteiger partial charge >= 0.3 is 0 Å². The summed E-state index contributed by atoms with van der Waals surface area (Å²) in [4.78, 5) is 0. The van der Waals surface area contributed by atoms with Crippen LogP contribution in [0.2, 0.25) is 0 Å². The monoisotopic (exact) mass is 246 g/mol. The van der Waals surface area contributed by atoms with Gasteiger partial charge in [0.15, 0.2) is 0 Å². The molecule has 0 radical (unpaired) electrons. The molecule has 0 heterocycles. The summed E-state index contributed by atoms with van der Waals surface area (Å²) >= 11 is 0. The molecule has 3 nitrogen and oxygen atoms in total. The SMILES string of the molecule is COc1ccccc1CC(C)NCC(C)(C)C#N. The summed E-state index contributed by atoms with van der Waals surface area (Å²) in [6.45, 7) is 6.70.